The van der Waals surface area contributed by atoms with E-state index >= 15 is 0 Å². The Morgan fingerprint density at radius 3 is 2.54 bits per heavy atom. The van der Waals surface area contributed by atoms with Crippen molar-refractivity contribution >= 4 is 40.1 Å². The van der Waals surface area contributed by atoms with Gasteiger partial charge in [-0.3, -0.25) is 14.8 Å². The molecule has 1 heterocycles. The van der Waals surface area contributed by atoms with Gasteiger partial charge in [0, 0.05) is 18.9 Å². The maximum absolute atomic E-state index is 12.5. The van der Waals surface area contributed by atoms with Crippen molar-refractivity contribution in [3.8, 4) is 5.75 Å². The molecule has 3 aromatic rings. The highest BCUT2D eigenvalue weighted by Crippen LogP contribution is 2.33. The molecule has 0 aliphatic heterocycles. The first-order chi connectivity index (χ1) is 11.6. The molecule has 1 N–H and O–H groups in total. The number of nitrogens with one attached hydrogen (secondary N) is 1. The number of fused-ring (bicyclic) bond motifs is 1. The Morgan fingerprint density at radius 2 is 1.79 bits per heavy atom. The first-order valence-corrected chi connectivity index (χ1v) is 7.85. The van der Waals surface area contributed by atoms with Gasteiger partial charge in [0.1, 0.15) is 5.56 Å². The maximum atomic E-state index is 12.5. The Balaban J connectivity index is 1.81. The number of aromatic nitrogens is 2. The minimum atomic E-state index is -0.362. The Kier molecular flexibility index (Phi) is 4.83. The number of methoxy groups -OCH3 is 1. The Labute approximate surface area is 148 Å². The molecular weight excluding hydrogens is 349 g/mol. The van der Waals surface area contributed by atoms with Gasteiger partial charge >= 0.3 is 0 Å². The van der Waals surface area contributed by atoms with Gasteiger partial charge < -0.3 is 10.1 Å². The van der Waals surface area contributed by atoms with E-state index in [0.717, 1.165) is 16.6 Å². The fourth-order valence-electron chi connectivity index (χ4n) is 2.33. The van der Waals surface area contributed by atoms with E-state index in [1.54, 1.807) is 24.5 Å². The molecule has 2 aromatic carbocycles. The topological polar surface area (TPSA) is 64.1 Å². The van der Waals surface area contributed by atoms with Crippen molar-refractivity contribution in [2.24, 2.45) is 0 Å². The normalized spacial score (nSPS) is 10.6. The molecule has 0 aliphatic carbocycles. The Morgan fingerprint density at radius 1 is 1.08 bits per heavy atom. The van der Waals surface area contributed by atoms with Crippen LogP contribution in [0.5, 0.6) is 5.75 Å². The molecule has 24 heavy (non-hydrogen) atoms. The van der Waals surface area contributed by atoms with Gasteiger partial charge in [-0.25, -0.2) is 0 Å². The van der Waals surface area contributed by atoms with E-state index in [2.05, 4.69) is 15.3 Å². The minimum absolute atomic E-state index is 0.215. The lowest BCUT2D eigenvalue weighted by Gasteiger charge is -2.12. The van der Waals surface area contributed by atoms with Gasteiger partial charge in [-0.05, 0) is 29.8 Å². The second-order valence-corrected chi connectivity index (χ2v) is 5.81. The highest BCUT2D eigenvalue weighted by atomic mass is 35.5. The molecule has 0 fully saturated rings. The van der Waals surface area contributed by atoms with Crippen molar-refractivity contribution in [3.63, 3.8) is 0 Å². The van der Waals surface area contributed by atoms with Crippen LogP contribution in [-0.4, -0.2) is 23.0 Å². The van der Waals surface area contributed by atoms with Crippen molar-refractivity contribution in [1.82, 2.24) is 15.3 Å². The molecule has 0 aliphatic rings. The number of carbonyl (C=O) groups excluding carboxylic acids is 1. The number of hydrogen-bond donors (Lipinski definition) is 1. The summed E-state index contributed by atoms with van der Waals surface area (Å²) in [6, 6.07) is 8.76. The van der Waals surface area contributed by atoms with E-state index in [0.29, 0.717) is 11.6 Å². The van der Waals surface area contributed by atoms with Gasteiger partial charge in [-0.1, -0.05) is 29.3 Å². The summed E-state index contributed by atoms with van der Waals surface area (Å²) >= 11 is 12.2. The van der Waals surface area contributed by atoms with Crippen LogP contribution in [-0.2, 0) is 6.54 Å². The van der Waals surface area contributed by atoms with E-state index < -0.39 is 0 Å². The molecular formula is C17H13Cl2N3O2. The number of hydrogen-bond acceptors (Lipinski definition) is 4. The van der Waals surface area contributed by atoms with Gasteiger partial charge in [-0.2, -0.15) is 0 Å². The molecule has 1 amide bonds. The first-order valence-electron chi connectivity index (χ1n) is 7.10. The molecule has 3 rings (SSSR count). The standard InChI is InChI=1S/C17H13Cl2N3O2/c1-24-16-12(19)4-3-11(18)15(16)17(23)22-9-10-2-5-13-14(8-10)21-7-6-20-13/h2-8H,9H2,1H3,(H,22,23). The van der Waals surface area contributed by atoms with E-state index in [4.69, 9.17) is 27.9 Å². The number of benzene rings is 2. The van der Waals surface area contributed by atoms with Crippen molar-refractivity contribution in [2.75, 3.05) is 7.11 Å². The van der Waals surface area contributed by atoms with Gasteiger partial charge in [0.05, 0.1) is 28.2 Å². The van der Waals surface area contributed by atoms with Crippen LogP contribution in [0.2, 0.25) is 10.0 Å². The Hall–Kier alpha value is -2.37. The van der Waals surface area contributed by atoms with Crippen LogP contribution >= 0.6 is 23.2 Å². The summed E-state index contributed by atoms with van der Waals surface area (Å²) in [7, 11) is 1.44. The third-order valence-corrected chi connectivity index (χ3v) is 4.09. The second kappa shape index (κ2) is 7.03. The smallest absolute Gasteiger partial charge is 0.256 e. The summed E-state index contributed by atoms with van der Waals surface area (Å²) in [5, 5.41) is 3.42. The zero-order valence-electron chi connectivity index (χ0n) is 12.7. The van der Waals surface area contributed by atoms with Crippen LogP contribution < -0.4 is 10.1 Å². The number of rotatable bonds is 4. The highest BCUT2D eigenvalue weighted by Gasteiger charge is 2.19. The van der Waals surface area contributed by atoms with Crippen LogP contribution in [0.3, 0.4) is 0 Å². The minimum Gasteiger partial charge on any atom is -0.494 e. The summed E-state index contributed by atoms with van der Waals surface area (Å²) in [4.78, 5) is 20.9. The average Bonchev–Trinajstić information content (AvgIpc) is 2.61. The molecule has 0 atom stereocenters. The van der Waals surface area contributed by atoms with E-state index in [9.17, 15) is 4.79 Å². The zero-order valence-corrected chi connectivity index (χ0v) is 14.2. The van der Waals surface area contributed by atoms with Crippen LogP contribution in [0, 0.1) is 0 Å². The third kappa shape index (κ3) is 3.27. The highest BCUT2D eigenvalue weighted by molar-refractivity contribution is 6.37. The molecule has 5 nitrogen and oxygen atoms in total. The van der Waals surface area contributed by atoms with Gasteiger partial charge in [0.15, 0.2) is 5.75 Å². The van der Waals surface area contributed by atoms with E-state index in [1.165, 1.54) is 7.11 Å². The lowest BCUT2D eigenvalue weighted by atomic mass is 10.1. The third-order valence-electron chi connectivity index (χ3n) is 3.48. The zero-order chi connectivity index (χ0) is 17.1. The van der Waals surface area contributed by atoms with Crippen molar-refractivity contribution < 1.29 is 9.53 Å². The van der Waals surface area contributed by atoms with Crippen molar-refractivity contribution in [2.45, 2.75) is 6.54 Å². The molecule has 0 bridgehead atoms. The summed E-state index contributed by atoms with van der Waals surface area (Å²) < 4.78 is 5.19. The van der Waals surface area contributed by atoms with Gasteiger partial charge in [-0.15, -0.1) is 0 Å². The SMILES string of the molecule is COc1c(Cl)ccc(Cl)c1C(=O)NCc1ccc2nccnc2c1. The second-order valence-electron chi connectivity index (χ2n) is 5.00. The van der Waals surface area contributed by atoms with Crippen LogP contribution in [0.1, 0.15) is 15.9 Å². The van der Waals surface area contributed by atoms with Crippen molar-refractivity contribution in [1.29, 1.82) is 0 Å². The lowest BCUT2D eigenvalue weighted by molar-refractivity contribution is 0.0948. The number of amides is 1. The van der Waals surface area contributed by atoms with Gasteiger partial charge in [0.25, 0.3) is 5.91 Å². The van der Waals surface area contributed by atoms with Crippen LogP contribution in [0.25, 0.3) is 11.0 Å². The fraction of sp³-hybridized carbons (Fsp3) is 0.118. The number of nitrogens with zero attached hydrogens (tertiary/aromatic N) is 2. The number of ether oxygens (including phenoxy) is 1. The van der Waals surface area contributed by atoms with E-state index in [1.807, 2.05) is 18.2 Å². The summed E-state index contributed by atoms with van der Waals surface area (Å²) in [5.41, 5.74) is 2.68. The first kappa shape index (κ1) is 16.5. The summed E-state index contributed by atoms with van der Waals surface area (Å²) in [5.74, 6) is -0.107. The summed E-state index contributed by atoms with van der Waals surface area (Å²) in [6.45, 7) is 0.317. The van der Waals surface area contributed by atoms with E-state index in [-0.39, 0.29) is 22.2 Å². The molecule has 1 aromatic heterocycles. The quantitative estimate of drug-likeness (QED) is 0.765. The predicted octanol–water partition coefficient (Wildman–Crippen LogP) is 3.88. The molecule has 122 valence electrons. The predicted molar refractivity (Wildman–Crippen MR) is 93.7 cm³/mol. The fourth-order valence-corrected chi connectivity index (χ4v) is 2.80. The summed E-state index contributed by atoms with van der Waals surface area (Å²) in [6.07, 6.45) is 3.26. The Bertz CT molecular complexity index is 915. The molecule has 0 unspecified atom stereocenters. The monoisotopic (exact) mass is 361 g/mol. The lowest BCUT2D eigenvalue weighted by Crippen LogP contribution is -2.23. The molecule has 0 radical (unpaired) electrons. The average molecular weight is 362 g/mol. The number of halogens is 2. The van der Waals surface area contributed by atoms with Crippen LogP contribution in [0.15, 0.2) is 42.7 Å². The molecule has 7 heteroatoms. The van der Waals surface area contributed by atoms with Gasteiger partial charge in [0.2, 0.25) is 0 Å². The van der Waals surface area contributed by atoms with Crippen LogP contribution in [0.4, 0.5) is 0 Å². The molecule has 0 saturated carbocycles. The molecule has 0 saturated heterocycles. The largest absolute Gasteiger partial charge is 0.494 e. The maximum Gasteiger partial charge on any atom is 0.256 e. The number of carbonyl (C=O) groups is 1. The molecule has 0 spiro atoms. The van der Waals surface area contributed by atoms with Crippen molar-refractivity contribution in [3.05, 3.63) is 63.9 Å².